The van der Waals surface area contributed by atoms with Crippen LogP contribution >= 0.6 is 12.2 Å². The van der Waals surface area contributed by atoms with Gasteiger partial charge in [0.25, 0.3) is 0 Å². The third-order valence-electron chi connectivity index (χ3n) is 1.83. The molecule has 0 spiro atoms. The Labute approximate surface area is 105 Å². The second-order valence-electron chi connectivity index (χ2n) is 3.41. The Hall–Kier alpha value is -1.95. The number of rotatable bonds is 4. The van der Waals surface area contributed by atoms with Gasteiger partial charge in [0.15, 0.2) is 5.11 Å². The lowest BCUT2D eigenvalue weighted by Crippen LogP contribution is -2.26. The summed E-state index contributed by atoms with van der Waals surface area (Å²) in [5.41, 5.74) is 9.00. The Morgan fingerprint density at radius 3 is 2.65 bits per heavy atom. The zero-order chi connectivity index (χ0) is 12.7. The minimum atomic E-state index is -0.137. The van der Waals surface area contributed by atoms with Crippen molar-refractivity contribution >= 4 is 34.6 Å². The number of nitrogens with zero attached hydrogens (tertiary/aromatic N) is 1. The molecule has 1 aromatic carbocycles. The zero-order valence-electron chi connectivity index (χ0n) is 9.43. The normalized spacial score (nSPS) is 10.8. The Balaban J connectivity index is 2.45. The SMILES string of the molecule is C/C(CC(=O)Nc1ccccc1)=N/NC(N)=S. The van der Waals surface area contributed by atoms with E-state index in [4.69, 9.17) is 5.73 Å². The van der Waals surface area contributed by atoms with Gasteiger partial charge in [-0.15, -0.1) is 0 Å². The van der Waals surface area contributed by atoms with Crippen LogP contribution in [0.3, 0.4) is 0 Å². The van der Waals surface area contributed by atoms with Crippen molar-refractivity contribution in [3.63, 3.8) is 0 Å². The number of hydrazone groups is 1. The average Bonchev–Trinajstić information content (AvgIpc) is 2.27. The smallest absolute Gasteiger partial charge is 0.230 e. The summed E-state index contributed by atoms with van der Waals surface area (Å²) in [7, 11) is 0. The minimum absolute atomic E-state index is 0.0767. The molecule has 4 N–H and O–H groups in total. The molecule has 6 heteroatoms. The summed E-state index contributed by atoms with van der Waals surface area (Å²) in [6.07, 6.45) is 0.185. The maximum absolute atomic E-state index is 11.6. The monoisotopic (exact) mass is 250 g/mol. The molecule has 0 radical (unpaired) electrons. The third kappa shape index (κ3) is 5.62. The van der Waals surface area contributed by atoms with E-state index >= 15 is 0 Å². The van der Waals surface area contributed by atoms with Crippen LogP contribution in [0.25, 0.3) is 0 Å². The summed E-state index contributed by atoms with van der Waals surface area (Å²) in [4.78, 5) is 11.6. The molecule has 0 aliphatic heterocycles. The number of anilines is 1. The van der Waals surface area contributed by atoms with E-state index in [0.29, 0.717) is 5.71 Å². The molecule has 5 nitrogen and oxygen atoms in total. The van der Waals surface area contributed by atoms with Gasteiger partial charge in [0.2, 0.25) is 5.91 Å². The van der Waals surface area contributed by atoms with Crippen LogP contribution in [0.2, 0.25) is 0 Å². The molecule has 90 valence electrons. The van der Waals surface area contributed by atoms with Crippen LogP contribution in [0, 0.1) is 0 Å². The Morgan fingerprint density at radius 2 is 2.06 bits per heavy atom. The van der Waals surface area contributed by atoms with Crippen molar-refractivity contribution in [1.82, 2.24) is 5.43 Å². The molecule has 0 aliphatic carbocycles. The second kappa shape index (κ2) is 6.59. The number of hydrogen-bond acceptors (Lipinski definition) is 3. The van der Waals surface area contributed by atoms with E-state index in [0.717, 1.165) is 5.69 Å². The van der Waals surface area contributed by atoms with E-state index in [1.54, 1.807) is 6.92 Å². The number of thiocarbonyl (C=S) groups is 1. The summed E-state index contributed by atoms with van der Waals surface area (Å²) in [5.74, 6) is -0.137. The van der Waals surface area contributed by atoms with E-state index in [9.17, 15) is 4.79 Å². The van der Waals surface area contributed by atoms with Gasteiger partial charge in [-0.2, -0.15) is 5.10 Å². The number of benzene rings is 1. The highest BCUT2D eigenvalue weighted by Crippen LogP contribution is 2.05. The van der Waals surface area contributed by atoms with Crippen molar-refractivity contribution in [3.8, 4) is 0 Å². The van der Waals surface area contributed by atoms with E-state index in [1.807, 2.05) is 30.3 Å². The number of para-hydroxylation sites is 1. The molecule has 1 aromatic rings. The van der Waals surface area contributed by atoms with Gasteiger partial charge < -0.3 is 11.1 Å². The van der Waals surface area contributed by atoms with Crippen LogP contribution in [0.1, 0.15) is 13.3 Å². The van der Waals surface area contributed by atoms with Crippen LogP contribution < -0.4 is 16.5 Å². The van der Waals surface area contributed by atoms with E-state index in [1.165, 1.54) is 0 Å². The number of amides is 1. The first-order valence-electron chi connectivity index (χ1n) is 5.01. The van der Waals surface area contributed by atoms with Crippen molar-refractivity contribution in [2.75, 3.05) is 5.32 Å². The van der Waals surface area contributed by atoms with Crippen molar-refractivity contribution in [2.45, 2.75) is 13.3 Å². The van der Waals surface area contributed by atoms with Crippen LogP contribution in [-0.2, 0) is 4.79 Å². The standard InChI is InChI=1S/C11H14N4OS/c1-8(14-15-11(12)17)7-10(16)13-9-5-3-2-4-6-9/h2-6H,7H2,1H3,(H,13,16)(H3,12,15,17)/b14-8-. The van der Waals surface area contributed by atoms with Crippen LogP contribution in [0.15, 0.2) is 35.4 Å². The fourth-order valence-corrected chi connectivity index (χ4v) is 1.19. The van der Waals surface area contributed by atoms with E-state index < -0.39 is 0 Å². The van der Waals surface area contributed by atoms with Crippen LogP contribution in [0.5, 0.6) is 0 Å². The predicted molar refractivity (Wildman–Crippen MR) is 72.7 cm³/mol. The maximum atomic E-state index is 11.6. The molecule has 1 amide bonds. The summed E-state index contributed by atoms with van der Waals surface area (Å²) in [6, 6.07) is 9.22. The summed E-state index contributed by atoms with van der Waals surface area (Å²) in [5, 5.41) is 6.67. The second-order valence-corrected chi connectivity index (χ2v) is 3.85. The van der Waals surface area contributed by atoms with Gasteiger partial charge in [-0.3, -0.25) is 10.2 Å². The highest BCUT2D eigenvalue weighted by Gasteiger charge is 2.04. The average molecular weight is 250 g/mol. The van der Waals surface area contributed by atoms with Crippen molar-refractivity contribution in [1.29, 1.82) is 0 Å². The summed E-state index contributed by atoms with van der Waals surface area (Å²) < 4.78 is 0. The Bertz CT molecular complexity index is 430. The largest absolute Gasteiger partial charge is 0.375 e. The van der Waals surface area contributed by atoms with Crippen molar-refractivity contribution in [3.05, 3.63) is 30.3 Å². The van der Waals surface area contributed by atoms with Gasteiger partial charge in [0.1, 0.15) is 0 Å². The molecule has 1 rings (SSSR count). The van der Waals surface area contributed by atoms with Gasteiger partial charge >= 0.3 is 0 Å². The molecule has 17 heavy (non-hydrogen) atoms. The zero-order valence-corrected chi connectivity index (χ0v) is 10.3. The fraction of sp³-hybridized carbons (Fsp3) is 0.182. The lowest BCUT2D eigenvalue weighted by Gasteiger charge is -2.04. The minimum Gasteiger partial charge on any atom is -0.375 e. The molecule has 0 heterocycles. The number of hydrogen-bond donors (Lipinski definition) is 3. The topological polar surface area (TPSA) is 79.5 Å². The molecule has 0 unspecified atom stereocenters. The van der Waals surface area contributed by atoms with Gasteiger partial charge in [0.05, 0.1) is 6.42 Å². The van der Waals surface area contributed by atoms with E-state index in [2.05, 4.69) is 28.1 Å². The molecule has 0 aliphatic rings. The molecule has 0 aromatic heterocycles. The maximum Gasteiger partial charge on any atom is 0.230 e. The van der Waals surface area contributed by atoms with Crippen molar-refractivity contribution < 1.29 is 4.79 Å². The van der Waals surface area contributed by atoms with Crippen LogP contribution in [0.4, 0.5) is 5.69 Å². The van der Waals surface area contributed by atoms with Crippen LogP contribution in [-0.4, -0.2) is 16.7 Å². The van der Waals surface area contributed by atoms with Gasteiger partial charge in [0, 0.05) is 11.4 Å². The lowest BCUT2D eigenvalue weighted by atomic mass is 10.2. The first-order valence-corrected chi connectivity index (χ1v) is 5.42. The molecular weight excluding hydrogens is 236 g/mol. The Kier molecular flexibility index (Phi) is 5.09. The van der Waals surface area contributed by atoms with Gasteiger partial charge in [-0.25, -0.2) is 0 Å². The van der Waals surface area contributed by atoms with E-state index in [-0.39, 0.29) is 17.4 Å². The number of carbonyl (C=O) groups excluding carboxylic acids is 1. The molecule has 0 bridgehead atoms. The molecule has 0 atom stereocenters. The summed E-state index contributed by atoms with van der Waals surface area (Å²) >= 11 is 4.59. The fourth-order valence-electron chi connectivity index (χ4n) is 1.15. The molecule has 0 saturated carbocycles. The first-order chi connectivity index (χ1) is 8.08. The van der Waals surface area contributed by atoms with Crippen molar-refractivity contribution in [2.24, 2.45) is 10.8 Å². The lowest BCUT2D eigenvalue weighted by molar-refractivity contribution is -0.115. The third-order valence-corrected chi connectivity index (χ3v) is 1.92. The number of nitrogens with two attached hydrogens (primary N) is 1. The van der Waals surface area contributed by atoms with Gasteiger partial charge in [-0.05, 0) is 31.3 Å². The summed E-state index contributed by atoms with van der Waals surface area (Å²) in [6.45, 7) is 1.72. The quantitative estimate of drug-likeness (QED) is 0.426. The number of nitrogens with one attached hydrogen (secondary N) is 2. The Morgan fingerprint density at radius 1 is 1.41 bits per heavy atom. The van der Waals surface area contributed by atoms with Gasteiger partial charge in [-0.1, -0.05) is 18.2 Å². The predicted octanol–water partition coefficient (Wildman–Crippen LogP) is 1.22. The molecule has 0 fully saturated rings. The molecule has 0 saturated heterocycles. The number of carbonyl (C=O) groups is 1. The molecular formula is C11H14N4OS. The highest BCUT2D eigenvalue weighted by molar-refractivity contribution is 7.80. The first kappa shape index (κ1) is 13.1. The highest BCUT2D eigenvalue weighted by atomic mass is 32.1.